The molecule has 0 saturated heterocycles. The third-order valence-electron chi connectivity index (χ3n) is 2.00. The highest BCUT2D eigenvalue weighted by Gasteiger charge is 2.14. The zero-order valence-corrected chi connectivity index (χ0v) is 8.79. The summed E-state index contributed by atoms with van der Waals surface area (Å²) >= 11 is 0. The molecule has 0 fully saturated rings. The summed E-state index contributed by atoms with van der Waals surface area (Å²) < 4.78 is 0. The second-order valence-corrected chi connectivity index (χ2v) is 2.86. The molecule has 1 aliphatic rings. The van der Waals surface area contributed by atoms with Crippen LogP contribution in [0.4, 0.5) is 5.82 Å². The van der Waals surface area contributed by atoms with E-state index in [1.165, 1.54) is 0 Å². The second kappa shape index (κ2) is 4.81. The van der Waals surface area contributed by atoms with Gasteiger partial charge in [0.25, 0.3) is 0 Å². The lowest BCUT2D eigenvalue weighted by Crippen LogP contribution is -2.14. The fourth-order valence-corrected chi connectivity index (χ4v) is 1.30. The first-order chi connectivity index (χ1) is 6.40. The highest BCUT2D eigenvalue weighted by Crippen LogP contribution is 2.14. The number of pyridine rings is 1. The topological polar surface area (TPSA) is 40.5 Å². The molecule has 1 aromatic rings. The van der Waals surface area contributed by atoms with Gasteiger partial charge < -0.3 is 5.32 Å². The van der Waals surface area contributed by atoms with Crippen molar-refractivity contribution in [3.63, 3.8) is 0 Å². The molecule has 0 atom stereocenters. The molecule has 0 bridgehead atoms. The van der Waals surface area contributed by atoms with Crippen molar-refractivity contribution in [1.29, 1.82) is 0 Å². The molecule has 0 unspecified atom stereocenters. The summed E-state index contributed by atoms with van der Waals surface area (Å²) in [5, 5.41) is 9.31. The molecule has 1 aliphatic heterocycles. The minimum absolute atomic E-state index is 0. The lowest BCUT2D eigenvalue weighted by molar-refractivity contribution is 0.896. The molecule has 2 rings (SSSR count). The molecule has 4 nitrogen and oxygen atoms in total. The van der Waals surface area contributed by atoms with Crippen LogP contribution >= 0.6 is 12.4 Å². The van der Waals surface area contributed by atoms with Crippen molar-refractivity contribution in [3.8, 4) is 0 Å². The lowest BCUT2D eigenvalue weighted by atomic mass is 10.4. The fraction of sp³-hybridized carbons (Fsp3) is 0.333. The summed E-state index contributed by atoms with van der Waals surface area (Å²) in [6.45, 7) is 0.910. The van der Waals surface area contributed by atoms with Crippen molar-refractivity contribution >= 4 is 24.1 Å². The molecule has 1 aromatic heterocycles. The molecule has 0 saturated carbocycles. The Bertz CT molecular complexity index is 312. The number of hydrazone groups is 1. The minimum atomic E-state index is 0. The van der Waals surface area contributed by atoms with Crippen LogP contribution in [-0.4, -0.2) is 24.4 Å². The van der Waals surface area contributed by atoms with E-state index in [1.54, 1.807) is 6.20 Å². The van der Waals surface area contributed by atoms with E-state index in [0.29, 0.717) is 0 Å². The Morgan fingerprint density at radius 3 is 2.86 bits per heavy atom. The Hall–Kier alpha value is -1.29. The minimum Gasteiger partial charge on any atom is -0.375 e. The Labute approximate surface area is 89.4 Å². The largest absolute Gasteiger partial charge is 0.375 e. The SMILES string of the molecule is CNC1=NN(c2ccccn2)CC1.Cl. The molecule has 76 valence electrons. The van der Waals surface area contributed by atoms with Crippen LogP contribution in [0.2, 0.25) is 0 Å². The van der Waals surface area contributed by atoms with Gasteiger partial charge in [0.15, 0.2) is 0 Å². The highest BCUT2D eigenvalue weighted by atomic mass is 35.5. The highest BCUT2D eigenvalue weighted by molar-refractivity contribution is 5.85. The lowest BCUT2D eigenvalue weighted by Gasteiger charge is -2.10. The molecule has 2 heterocycles. The van der Waals surface area contributed by atoms with E-state index < -0.39 is 0 Å². The Morgan fingerprint density at radius 2 is 2.29 bits per heavy atom. The molecule has 1 N–H and O–H groups in total. The molecule has 14 heavy (non-hydrogen) atoms. The van der Waals surface area contributed by atoms with Crippen LogP contribution < -0.4 is 10.3 Å². The van der Waals surface area contributed by atoms with Crippen molar-refractivity contribution < 1.29 is 0 Å². The summed E-state index contributed by atoms with van der Waals surface area (Å²) in [5.41, 5.74) is 0. The number of rotatable bonds is 1. The summed E-state index contributed by atoms with van der Waals surface area (Å²) in [6.07, 6.45) is 2.75. The van der Waals surface area contributed by atoms with Crippen LogP contribution in [0, 0.1) is 0 Å². The summed E-state index contributed by atoms with van der Waals surface area (Å²) in [4.78, 5) is 4.22. The standard InChI is InChI=1S/C9H12N4.ClH/c1-10-8-5-7-13(12-8)9-4-2-3-6-11-9;/h2-4,6H,5,7H2,1H3,(H,10,12);1H. The summed E-state index contributed by atoms with van der Waals surface area (Å²) in [5.74, 6) is 1.93. The normalized spacial score (nSPS) is 14.6. The van der Waals surface area contributed by atoms with Crippen LogP contribution in [0.15, 0.2) is 29.5 Å². The van der Waals surface area contributed by atoms with Crippen molar-refractivity contribution in [2.24, 2.45) is 5.10 Å². The van der Waals surface area contributed by atoms with E-state index in [-0.39, 0.29) is 12.4 Å². The molecule has 0 aliphatic carbocycles. The maximum Gasteiger partial charge on any atom is 0.148 e. The summed E-state index contributed by atoms with van der Waals surface area (Å²) in [7, 11) is 1.89. The van der Waals surface area contributed by atoms with E-state index in [2.05, 4.69) is 15.4 Å². The van der Waals surface area contributed by atoms with E-state index in [4.69, 9.17) is 0 Å². The number of halogens is 1. The number of anilines is 1. The first-order valence-electron chi connectivity index (χ1n) is 4.34. The molecular formula is C9H13ClN4. The van der Waals surface area contributed by atoms with Gasteiger partial charge in [0.05, 0.1) is 6.54 Å². The van der Waals surface area contributed by atoms with Crippen molar-refractivity contribution in [3.05, 3.63) is 24.4 Å². The smallest absolute Gasteiger partial charge is 0.148 e. The van der Waals surface area contributed by atoms with Crippen molar-refractivity contribution in [2.75, 3.05) is 18.6 Å². The summed E-state index contributed by atoms with van der Waals surface area (Å²) in [6, 6.07) is 5.83. The van der Waals surface area contributed by atoms with Gasteiger partial charge in [-0.1, -0.05) is 6.07 Å². The van der Waals surface area contributed by atoms with E-state index in [9.17, 15) is 0 Å². The third kappa shape index (κ3) is 2.14. The Balaban J connectivity index is 0.000000980. The van der Waals surface area contributed by atoms with E-state index in [1.807, 2.05) is 30.3 Å². The Kier molecular flexibility index (Phi) is 3.71. The van der Waals surface area contributed by atoms with Gasteiger partial charge in [0.1, 0.15) is 11.7 Å². The third-order valence-corrected chi connectivity index (χ3v) is 2.00. The monoisotopic (exact) mass is 212 g/mol. The van der Waals surface area contributed by atoms with E-state index in [0.717, 1.165) is 24.6 Å². The number of nitrogens with one attached hydrogen (secondary N) is 1. The number of nitrogens with zero attached hydrogens (tertiary/aromatic N) is 3. The number of aromatic nitrogens is 1. The second-order valence-electron chi connectivity index (χ2n) is 2.86. The van der Waals surface area contributed by atoms with Gasteiger partial charge in [-0.3, -0.25) is 0 Å². The maximum absolute atomic E-state index is 4.35. The first-order valence-corrected chi connectivity index (χ1v) is 4.34. The molecule has 0 aromatic carbocycles. The quantitative estimate of drug-likeness (QED) is 0.762. The van der Waals surface area contributed by atoms with E-state index >= 15 is 0 Å². The predicted octanol–water partition coefficient (Wildman–Crippen LogP) is 1.25. The number of amidine groups is 1. The van der Waals surface area contributed by atoms with Gasteiger partial charge in [-0.15, -0.1) is 12.4 Å². The zero-order valence-electron chi connectivity index (χ0n) is 7.97. The van der Waals surface area contributed by atoms with Gasteiger partial charge >= 0.3 is 0 Å². The molecule has 5 heteroatoms. The number of hydrogen-bond donors (Lipinski definition) is 1. The average molecular weight is 213 g/mol. The first kappa shape index (κ1) is 10.8. The van der Waals surface area contributed by atoms with Gasteiger partial charge in [-0.05, 0) is 12.1 Å². The van der Waals surface area contributed by atoms with Crippen LogP contribution in [0.3, 0.4) is 0 Å². The maximum atomic E-state index is 4.35. The fourth-order valence-electron chi connectivity index (χ4n) is 1.30. The van der Waals surface area contributed by atoms with Gasteiger partial charge in [0, 0.05) is 19.7 Å². The average Bonchev–Trinajstić information content (AvgIpc) is 2.67. The van der Waals surface area contributed by atoms with Crippen LogP contribution in [0.25, 0.3) is 0 Å². The van der Waals surface area contributed by atoms with Crippen LogP contribution in [0.1, 0.15) is 6.42 Å². The van der Waals surface area contributed by atoms with Gasteiger partial charge in [-0.2, -0.15) is 5.10 Å². The number of hydrogen-bond acceptors (Lipinski definition) is 4. The molecular weight excluding hydrogens is 200 g/mol. The Morgan fingerprint density at radius 1 is 1.43 bits per heavy atom. The van der Waals surface area contributed by atoms with Crippen LogP contribution in [-0.2, 0) is 0 Å². The van der Waals surface area contributed by atoms with Gasteiger partial charge in [-0.25, -0.2) is 9.99 Å². The van der Waals surface area contributed by atoms with Gasteiger partial charge in [0.2, 0.25) is 0 Å². The predicted molar refractivity (Wildman–Crippen MR) is 59.9 cm³/mol. The molecule has 0 radical (unpaired) electrons. The van der Waals surface area contributed by atoms with Crippen molar-refractivity contribution in [2.45, 2.75) is 6.42 Å². The molecule has 0 amide bonds. The molecule has 0 spiro atoms. The van der Waals surface area contributed by atoms with Crippen molar-refractivity contribution in [1.82, 2.24) is 10.3 Å². The zero-order chi connectivity index (χ0) is 9.10. The van der Waals surface area contributed by atoms with Crippen LogP contribution in [0.5, 0.6) is 0 Å².